The van der Waals surface area contributed by atoms with Crippen LogP contribution in [0.1, 0.15) is 0 Å². The first kappa shape index (κ1) is 22.9. The van der Waals surface area contributed by atoms with Gasteiger partial charge in [-0.05, 0) is 0 Å². The molecule has 41 heavy (non-hydrogen) atoms. The molecule has 0 atom stereocenters. The van der Waals surface area contributed by atoms with Crippen molar-refractivity contribution in [2.24, 2.45) is 0 Å². The van der Waals surface area contributed by atoms with E-state index >= 15 is 0 Å². The summed E-state index contributed by atoms with van der Waals surface area (Å²) in [5.74, 6) is 0. The molecule has 7 aromatic carbocycles. The van der Waals surface area contributed by atoms with E-state index in [-0.39, 0.29) is 0 Å². The van der Waals surface area contributed by atoms with Gasteiger partial charge >= 0.3 is 231 Å². The summed E-state index contributed by atoms with van der Waals surface area (Å²) in [5, 5.41) is 10.5. The predicted molar refractivity (Wildman–Crippen MR) is 175 cm³/mol. The number of aromatic nitrogens is 2. The van der Waals surface area contributed by atoms with E-state index in [0.717, 1.165) is 33.5 Å². The zero-order valence-electron chi connectivity index (χ0n) is 22.0. The fraction of sp³-hybridized carbons (Fsp3) is 0. The molecule has 3 heteroatoms. The van der Waals surface area contributed by atoms with Crippen molar-refractivity contribution in [2.45, 2.75) is 0 Å². The number of rotatable bonds is 2. The molecule has 0 aliphatic heterocycles. The Morgan fingerprint density at radius 1 is 0.341 bits per heavy atom. The summed E-state index contributed by atoms with van der Waals surface area (Å²) in [5.41, 5.74) is 5.78. The summed E-state index contributed by atoms with van der Waals surface area (Å²) < 4.78 is 2.95. The molecule has 190 valence electrons. The normalized spacial score (nSPS) is 11.9. The molecule has 0 amide bonds. The number of nitrogens with zero attached hydrogens (tertiary/aromatic N) is 2. The summed E-state index contributed by atoms with van der Waals surface area (Å²) >= 11 is 0.323. The van der Waals surface area contributed by atoms with Crippen LogP contribution in [0.25, 0.3) is 85.2 Å². The van der Waals surface area contributed by atoms with Crippen molar-refractivity contribution >= 4 is 77.1 Å². The third-order valence-electron chi connectivity index (χ3n) is 8.23. The quantitative estimate of drug-likeness (QED) is 0.149. The summed E-state index contributed by atoms with van der Waals surface area (Å²) in [7, 11) is 0. The van der Waals surface area contributed by atoms with Crippen molar-refractivity contribution in [3.8, 4) is 22.5 Å². The third kappa shape index (κ3) is 3.50. The molecule has 0 aliphatic rings. The van der Waals surface area contributed by atoms with Crippen molar-refractivity contribution in [1.82, 2.24) is 9.97 Å². The Morgan fingerprint density at radius 2 is 0.902 bits per heavy atom. The molecule has 0 aliphatic carbocycles. The Bertz CT molecular complexity index is 2470. The van der Waals surface area contributed by atoms with Crippen LogP contribution in [0, 0.1) is 0 Å². The van der Waals surface area contributed by atoms with Gasteiger partial charge in [0.1, 0.15) is 0 Å². The predicted octanol–water partition coefficient (Wildman–Crippen LogP) is 9.79. The van der Waals surface area contributed by atoms with E-state index in [0.29, 0.717) is 14.5 Å². The van der Waals surface area contributed by atoms with E-state index < -0.39 is 0 Å². The minimum absolute atomic E-state index is 0.323. The van der Waals surface area contributed by atoms with Gasteiger partial charge in [-0.15, -0.1) is 0 Å². The molecule has 2 aromatic heterocycles. The van der Waals surface area contributed by atoms with Gasteiger partial charge < -0.3 is 0 Å². The van der Waals surface area contributed by atoms with Gasteiger partial charge in [0.05, 0.1) is 0 Å². The van der Waals surface area contributed by atoms with Crippen LogP contribution in [0.4, 0.5) is 0 Å². The number of benzene rings is 7. The zero-order chi connectivity index (χ0) is 26.9. The van der Waals surface area contributed by atoms with Gasteiger partial charge in [0.2, 0.25) is 0 Å². The van der Waals surface area contributed by atoms with E-state index in [1.54, 1.807) is 0 Å². The van der Waals surface area contributed by atoms with Gasteiger partial charge in [-0.3, -0.25) is 0 Å². The van der Waals surface area contributed by atoms with Crippen LogP contribution >= 0.6 is 0 Å². The topological polar surface area (TPSA) is 25.8 Å². The number of hydrogen-bond acceptors (Lipinski definition) is 2. The molecular formula is C38H22N2Se. The Morgan fingerprint density at radius 3 is 1.66 bits per heavy atom. The van der Waals surface area contributed by atoms with Crippen molar-refractivity contribution in [2.75, 3.05) is 0 Å². The molecular weight excluding hydrogens is 563 g/mol. The second-order valence-electron chi connectivity index (χ2n) is 10.6. The second-order valence-corrected chi connectivity index (χ2v) is 12.8. The van der Waals surface area contributed by atoms with Crippen molar-refractivity contribution in [3.63, 3.8) is 0 Å². The Hall–Kier alpha value is -4.82. The average molecular weight is 586 g/mol. The first-order valence-electron chi connectivity index (χ1n) is 13.8. The molecule has 0 spiro atoms. The summed E-state index contributed by atoms with van der Waals surface area (Å²) in [6.45, 7) is 0. The number of para-hydroxylation sites is 2. The van der Waals surface area contributed by atoms with Crippen molar-refractivity contribution in [3.05, 3.63) is 133 Å². The molecule has 2 nitrogen and oxygen atoms in total. The maximum absolute atomic E-state index is 5.18. The van der Waals surface area contributed by atoms with Crippen LogP contribution in [0.5, 0.6) is 0 Å². The van der Waals surface area contributed by atoms with Crippen LogP contribution in [0.2, 0.25) is 0 Å². The Labute approximate surface area is 242 Å². The first-order valence-corrected chi connectivity index (χ1v) is 15.6. The first-order chi connectivity index (χ1) is 20.3. The van der Waals surface area contributed by atoms with E-state index in [1.165, 1.54) is 51.6 Å². The number of hydrogen-bond donors (Lipinski definition) is 0. The van der Waals surface area contributed by atoms with Crippen molar-refractivity contribution < 1.29 is 0 Å². The van der Waals surface area contributed by atoms with Gasteiger partial charge in [-0.1, -0.05) is 12.1 Å². The van der Waals surface area contributed by atoms with Gasteiger partial charge in [-0.2, -0.15) is 0 Å². The minimum atomic E-state index is 0.323. The average Bonchev–Trinajstić information content (AvgIpc) is 3.41. The van der Waals surface area contributed by atoms with Crippen LogP contribution < -0.4 is 0 Å². The third-order valence-corrected chi connectivity index (χ3v) is 10.6. The van der Waals surface area contributed by atoms with E-state index in [1.807, 2.05) is 30.3 Å². The molecule has 0 N–H and O–H groups in total. The fourth-order valence-electron chi connectivity index (χ4n) is 6.32. The van der Waals surface area contributed by atoms with E-state index in [2.05, 4.69) is 103 Å². The van der Waals surface area contributed by atoms with E-state index in [9.17, 15) is 0 Å². The van der Waals surface area contributed by atoms with E-state index in [4.69, 9.17) is 9.97 Å². The molecule has 0 saturated heterocycles. The Kier molecular flexibility index (Phi) is 4.95. The van der Waals surface area contributed by atoms with Gasteiger partial charge in [0.15, 0.2) is 0 Å². The molecule has 0 saturated carbocycles. The zero-order valence-corrected chi connectivity index (χ0v) is 23.7. The standard InChI is InChI=1S/C38H22N2Se/c1-2-10-23(11-3-1)37-38(40-34-16-8-7-15-33(34)39-37)24-18-19-27-29(20-24)25-12-4-5-13-26(25)30-21-32-28-14-6-9-17-35(28)41-36(32)22-31(27)30/h1-22H. The molecule has 0 bridgehead atoms. The monoisotopic (exact) mass is 586 g/mol. The molecule has 0 fully saturated rings. The van der Waals surface area contributed by atoms with Gasteiger partial charge in [0, 0.05) is 0 Å². The summed E-state index contributed by atoms with van der Waals surface area (Å²) in [4.78, 5) is 10.3. The fourth-order valence-corrected chi connectivity index (χ4v) is 8.68. The van der Waals surface area contributed by atoms with Crippen molar-refractivity contribution in [1.29, 1.82) is 0 Å². The SMILES string of the molecule is c1ccc(-c2nc3ccccc3nc2-c2ccc3c(c2)c2ccccc2c2cc4c(cc32)[se]c2ccccc24)cc1. The maximum atomic E-state index is 5.18. The van der Waals surface area contributed by atoms with Gasteiger partial charge in [-0.25, -0.2) is 0 Å². The second kappa shape index (κ2) is 8.84. The van der Waals surface area contributed by atoms with Crippen LogP contribution in [-0.4, -0.2) is 24.5 Å². The molecule has 0 unspecified atom stereocenters. The van der Waals surface area contributed by atoms with Crippen LogP contribution in [0.15, 0.2) is 133 Å². The molecule has 9 rings (SSSR count). The summed E-state index contributed by atoms with van der Waals surface area (Å²) in [6, 6.07) is 48.0. The van der Waals surface area contributed by atoms with Crippen LogP contribution in [0.3, 0.4) is 0 Å². The van der Waals surface area contributed by atoms with Crippen LogP contribution in [-0.2, 0) is 0 Å². The molecule has 0 radical (unpaired) electrons. The Balaban J connectivity index is 1.38. The molecule has 2 heterocycles. The summed E-state index contributed by atoms with van der Waals surface area (Å²) in [6.07, 6.45) is 0. The van der Waals surface area contributed by atoms with Gasteiger partial charge in [0.25, 0.3) is 0 Å². The molecule has 9 aromatic rings. The number of fused-ring (bicyclic) bond motifs is 10.